The number of anilines is 1. The number of nitrogens with zero attached hydrogens (tertiary/aromatic N) is 1. The van der Waals surface area contributed by atoms with Crippen molar-refractivity contribution in [2.75, 3.05) is 38.0 Å². The fourth-order valence-electron chi connectivity index (χ4n) is 3.63. The number of hydrogen-bond acceptors (Lipinski definition) is 4. The van der Waals surface area contributed by atoms with E-state index < -0.39 is 0 Å². The third kappa shape index (κ3) is 4.15. The van der Waals surface area contributed by atoms with E-state index in [-0.39, 0.29) is 11.6 Å². The lowest BCUT2D eigenvalue weighted by molar-refractivity contribution is -0.123. The fraction of sp³-hybridized carbons (Fsp3) is 0.579. The van der Waals surface area contributed by atoms with Crippen molar-refractivity contribution in [3.05, 3.63) is 29.8 Å². The van der Waals surface area contributed by atoms with Crippen LogP contribution in [0.15, 0.2) is 24.3 Å². The number of likely N-dealkylation sites (tertiary alicyclic amines) is 1. The summed E-state index contributed by atoms with van der Waals surface area (Å²) in [6.07, 6.45) is 5.73. The zero-order valence-electron chi connectivity index (χ0n) is 14.3. The number of carbonyl (C=O) groups is 1. The van der Waals surface area contributed by atoms with Crippen LogP contribution in [-0.4, -0.2) is 49.2 Å². The van der Waals surface area contributed by atoms with Gasteiger partial charge < -0.3 is 15.5 Å². The van der Waals surface area contributed by atoms with E-state index in [2.05, 4.69) is 10.6 Å². The van der Waals surface area contributed by atoms with Crippen LogP contribution in [0.5, 0.6) is 0 Å². The summed E-state index contributed by atoms with van der Waals surface area (Å²) in [6.45, 7) is 4.71. The number of nitrogens with one attached hydrogen (secondary N) is 3. The van der Waals surface area contributed by atoms with Gasteiger partial charge in [-0.1, -0.05) is 18.2 Å². The van der Waals surface area contributed by atoms with Crippen LogP contribution in [0.1, 0.15) is 37.7 Å². The maximum Gasteiger partial charge on any atom is 0.272 e. The largest absolute Gasteiger partial charge is 0.384 e. The Morgan fingerprint density at radius 3 is 2.67 bits per heavy atom. The van der Waals surface area contributed by atoms with Crippen molar-refractivity contribution in [3.63, 3.8) is 0 Å². The van der Waals surface area contributed by atoms with Gasteiger partial charge in [0.1, 0.15) is 5.71 Å². The van der Waals surface area contributed by atoms with Gasteiger partial charge in [0.2, 0.25) is 0 Å². The number of carbonyl (C=O) groups excluding carboxylic acids is 1. The van der Waals surface area contributed by atoms with Crippen LogP contribution in [0.4, 0.5) is 5.69 Å². The van der Waals surface area contributed by atoms with Crippen LogP contribution in [0.25, 0.3) is 0 Å². The van der Waals surface area contributed by atoms with Gasteiger partial charge in [-0.05, 0) is 57.2 Å². The van der Waals surface area contributed by atoms with E-state index in [0.29, 0.717) is 0 Å². The van der Waals surface area contributed by atoms with Crippen LogP contribution in [-0.2, 0) is 4.79 Å². The van der Waals surface area contributed by atoms with Crippen molar-refractivity contribution in [2.45, 2.75) is 32.1 Å². The quantitative estimate of drug-likeness (QED) is 0.703. The molecule has 2 fully saturated rings. The Bertz CT molecular complexity index is 574. The number of hydrogen-bond donors (Lipinski definition) is 3. The zero-order chi connectivity index (χ0) is 16.8. The first-order valence-electron chi connectivity index (χ1n) is 9.17. The predicted octanol–water partition coefficient (Wildman–Crippen LogP) is 2.48. The Labute approximate surface area is 144 Å². The van der Waals surface area contributed by atoms with E-state index in [1.807, 2.05) is 24.3 Å². The first kappa shape index (κ1) is 17.0. The molecule has 0 unspecified atom stereocenters. The molecule has 2 aliphatic rings. The molecule has 3 N–H and O–H groups in total. The molecule has 3 rings (SSSR count). The second kappa shape index (κ2) is 8.29. The molecule has 24 heavy (non-hydrogen) atoms. The minimum Gasteiger partial charge on any atom is -0.384 e. The summed E-state index contributed by atoms with van der Waals surface area (Å²) < 4.78 is 0. The van der Waals surface area contributed by atoms with Gasteiger partial charge in [-0.15, -0.1) is 0 Å². The highest BCUT2D eigenvalue weighted by atomic mass is 16.2. The molecule has 5 nitrogen and oxygen atoms in total. The molecule has 0 saturated carbocycles. The van der Waals surface area contributed by atoms with E-state index in [9.17, 15) is 4.79 Å². The Morgan fingerprint density at radius 1 is 1.21 bits per heavy atom. The molecule has 0 atom stereocenters. The Kier molecular flexibility index (Phi) is 5.86. The maximum atomic E-state index is 12.5. The molecule has 0 aromatic heterocycles. The number of amides is 1. The minimum atomic E-state index is -0.139. The first-order valence-corrected chi connectivity index (χ1v) is 9.17. The molecule has 0 aliphatic carbocycles. The number of benzene rings is 1. The number of para-hydroxylation sites is 1. The SMILES string of the molecule is N=C(C(=O)N1CCCC1)c1ccccc1NCCC1CCNCC1. The van der Waals surface area contributed by atoms with Crippen LogP contribution < -0.4 is 10.6 Å². The molecule has 1 aromatic rings. The molecule has 0 bridgehead atoms. The van der Waals surface area contributed by atoms with Crippen molar-refractivity contribution in [2.24, 2.45) is 5.92 Å². The Hall–Kier alpha value is -1.88. The van der Waals surface area contributed by atoms with E-state index in [4.69, 9.17) is 5.41 Å². The summed E-state index contributed by atoms with van der Waals surface area (Å²) in [7, 11) is 0. The summed E-state index contributed by atoms with van der Waals surface area (Å²) in [5.74, 6) is 0.636. The summed E-state index contributed by atoms with van der Waals surface area (Å²) in [6, 6.07) is 7.72. The highest BCUT2D eigenvalue weighted by Crippen LogP contribution is 2.20. The lowest BCUT2D eigenvalue weighted by atomic mass is 9.94. The molecule has 1 amide bonds. The topological polar surface area (TPSA) is 68.2 Å². The van der Waals surface area contributed by atoms with Crippen molar-refractivity contribution in [1.82, 2.24) is 10.2 Å². The van der Waals surface area contributed by atoms with Crippen molar-refractivity contribution in [3.8, 4) is 0 Å². The smallest absolute Gasteiger partial charge is 0.272 e. The van der Waals surface area contributed by atoms with Gasteiger partial charge in [-0.2, -0.15) is 0 Å². The van der Waals surface area contributed by atoms with Crippen LogP contribution in [0, 0.1) is 11.3 Å². The van der Waals surface area contributed by atoms with Gasteiger partial charge in [0.15, 0.2) is 0 Å². The van der Waals surface area contributed by atoms with E-state index in [1.54, 1.807) is 4.90 Å². The second-order valence-corrected chi connectivity index (χ2v) is 6.83. The van der Waals surface area contributed by atoms with E-state index >= 15 is 0 Å². The molecule has 1 aromatic carbocycles. The molecular weight excluding hydrogens is 300 g/mol. The Balaban J connectivity index is 1.59. The van der Waals surface area contributed by atoms with Crippen molar-refractivity contribution < 1.29 is 4.79 Å². The second-order valence-electron chi connectivity index (χ2n) is 6.83. The molecule has 0 spiro atoms. The van der Waals surface area contributed by atoms with E-state index in [0.717, 1.165) is 69.2 Å². The average molecular weight is 328 g/mol. The number of piperidine rings is 1. The third-order valence-electron chi connectivity index (χ3n) is 5.13. The average Bonchev–Trinajstić information content (AvgIpc) is 3.16. The van der Waals surface area contributed by atoms with Gasteiger partial charge in [-0.3, -0.25) is 10.2 Å². The van der Waals surface area contributed by atoms with Crippen LogP contribution in [0.2, 0.25) is 0 Å². The summed E-state index contributed by atoms with van der Waals surface area (Å²) in [4.78, 5) is 14.3. The van der Waals surface area contributed by atoms with Crippen LogP contribution in [0.3, 0.4) is 0 Å². The van der Waals surface area contributed by atoms with E-state index in [1.165, 1.54) is 12.8 Å². The standard InChI is InChI=1S/C19H28N4O/c20-18(19(24)23-13-3-4-14-23)16-5-1-2-6-17(16)22-12-9-15-7-10-21-11-8-15/h1-2,5-6,15,20-22H,3-4,7-14H2. The lowest BCUT2D eigenvalue weighted by Gasteiger charge is -2.23. The minimum absolute atomic E-state index is 0.113. The van der Waals surface area contributed by atoms with Gasteiger partial charge in [0, 0.05) is 30.9 Å². The first-order chi connectivity index (χ1) is 11.8. The van der Waals surface area contributed by atoms with Crippen molar-refractivity contribution >= 4 is 17.3 Å². The molecule has 130 valence electrons. The van der Waals surface area contributed by atoms with Gasteiger partial charge in [0.25, 0.3) is 5.91 Å². The monoisotopic (exact) mass is 328 g/mol. The summed E-state index contributed by atoms with van der Waals surface area (Å²) in [5, 5.41) is 15.2. The maximum absolute atomic E-state index is 12.5. The molecule has 2 aliphatic heterocycles. The zero-order valence-corrected chi connectivity index (χ0v) is 14.3. The van der Waals surface area contributed by atoms with Gasteiger partial charge in [-0.25, -0.2) is 0 Å². The third-order valence-corrected chi connectivity index (χ3v) is 5.13. The van der Waals surface area contributed by atoms with Crippen molar-refractivity contribution in [1.29, 1.82) is 5.41 Å². The highest BCUT2D eigenvalue weighted by molar-refractivity contribution is 6.45. The predicted molar refractivity (Wildman–Crippen MR) is 97.8 cm³/mol. The molecule has 0 radical (unpaired) electrons. The summed E-state index contributed by atoms with van der Waals surface area (Å²) >= 11 is 0. The molecule has 5 heteroatoms. The van der Waals surface area contributed by atoms with Gasteiger partial charge >= 0.3 is 0 Å². The Morgan fingerprint density at radius 2 is 1.92 bits per heavy atom. The molecule has 2 saturated heterocycles. The van der Waals surface area contributed by atoms with Crippen LogP contribution >= 0.6 is 0 Å². The number of rotatable bonds is 6. The molecular formula is C19H28N4O. The van der Waals surface area contributed by atoms with Gasteiger partial charge in [0.05, 0.1) is 0 Å². The normalized spacial score (nSPS) is 18.6. The molecule has 2 heterocycles. The highest BCUT2D eigenvalue weighted by Gasteiger charge is 2.24. The summed E-state index contributed by atoms with van der Waals surface area (Å²) in [5.41, 5.74) is 1.74. The fourth-order valence-corrected chi connectivity index (χ4v) is 3.63. The lowest BCUT2D eigenvalue weighted by Crippen LogP contribution is -2.34.